The molecule has 2 rings (SSSR count). The zero-order chi connectivity index (χ0) is 13.9. The summed E-state index contributed by atoms with van der Waals surface area (Å²) in [5.74, 6) is -0.0389. The third-order valence-electron chi connectivity index (χ3n) is 2.16. The highest BCUT2D eigenvalue weighted by Crippen LogP contribution is 2.21. The van der Waals surface area contributed by atoms with Gasteiger partial charge >= 0.3 is 0 Å². The Hall–Kier alpha value is -2.17. The van der Waals surface area contributed by atoms with E-state index in [1.165, 1.54) is 30.6 Å². The molecule has 0 saturated heterocycles. The van der Waals surface area contributed by atoms with Crippen molar-refractivity contribution in [2.75, 3.05) is 4.72 Å². The van der Waals surface area contributed by atoms with Gasteiger partial charge in [-0.2, -0.15) is 5.26 Å². The predicted octanol–water partition coefficient (Wildman–Crippen LogP) is 1.80. The average Bonchev–Trinajstić information content (AvgIpc) is 2.39. The molecule has 0 spiro atoms. The molecule has 8 heteroatoms. The van der Waals surface area contributed by atoms with Gasteiger partial charge in [-0.05, 0) is 24.3 Å². The number of nitriles is 1. The van der Waals surface area contributed by atoms with Gasteiger partial charge in [-0.25, -0.2) is 23.1 Å². The number of aromatic nitrogens is 2. The van der Waals surface area contributed by atoms with Crippen LogP contribution in [0.25, 0.3) is 0 Å². The molecule has 1 N–H and O–H groups in total. The molecule has 0 aliphatic carbocycles. The van der Waals surface area contributed by atoms with E-state index in [1.54, 1.807) is 6.07 Å². The average molecular weight is 295 g/mol. The van der Waals surface area contributed by atoms with Crippen molar-refractivity contribution < 1.29 is 8.42 Å². The summed E-state index contributed by atoms with van der Waals surface area (Å²) in [7, 11) is -3.83. The van der Waals surface area contributed by atoms with Crippen molar-refractivity contribution in [3.63, 3.8) is 0 Å². The highest BCUT2D eigenvalue weighted by atomic mass is 35.5. The van der Waals surface area contributed by atoms with Crippen molar-refractivity contribution in [1.29, 1.82) is 5.26 Å². The standard InChI is InChI=1S/C11H7ClN4O2S/c12-10-6-9(3-2-8(10)7-13)19(17,18)16-11-14-4-1-5-15-11/h1-6H,(H,14,15,16). The van der Waals surface area contributed by atoms with Crippen molar-refractivity contribution in [1.82, 2.24) is 9.97 Å². The summed E-state index contributed by atoms with van der Waals surface area (Å²) < 4.78 is 26.2. The minimum absolute atomic E-state index is 0.0389. The molecule has 19 heavy (non-hydrogen) atoms. The van der Waals surface area contributed by atoms with Crippen LogP contribution in [0, 0.1) is 11.3 Å². The maximum Gasteiger partial charge on any atom is 0.264 e. The molecule has 2 aromatic rings. The van der Waals surface area contributed by atoms with Crippen LogP contribution in [0.5, 0.6) is 0 Å². The van der Waals surface area contributed by atoms with E-state index in [-0.39, 0.29) is 21.4 Å². The largest absolute Gasteiger partial charge is 0.264 e. The van der Waals surface area contributed by atoms with Gasteiger partial charge in [-0.1, -0.05) is 11.6 Å². The molecule has 1 aromatic carbocycles. The van der Waals surface area contributed by atoms with E-state index in [0.29, 0.717) is 0 Å². The van der Waals surface area contributed by atoms with E-state index in [1.807, 2.05) is 6.07 Å². The van der Waals surface area contributed by atoms with Crippen molar-refractivity contribution in [3.8, 4) is 6.07 Å². The molecule has 0 aliphatic rings. The third kappa shape index (κ3) is 2.99. The van der Waals surface area contributed by atoms with Crippen LogP contribution in [-0.4, -0.2) is 18.4 Å². The Kier molecular flexibility index (Phi) is 3.64. The van der Waals surface area contributed by atoms with E-state index in [0.717, 1.165) is 0 Å². The summed E-state index contributed by atoms with van der Waals surface area (Å²) in [4.78, 5) is 7.45. The maximum atomic E-state index is 12.0. The first kappa shape index (κ1) is 13.3. The van der Waals surface area contributed by atoms with Crippen molar-refractivity contribution >= 4 is 27.6 Å². The number of anilines is 1. The molecular weight excluding hydrogens is 288 g/mol. The number of hydrogen-bond acceptors (Lipinski definition) is 5. The quantitative estimate of drug-likeness (QED) is 0.931. The monoisotopic (exact) mass is 294 g/mol. The van der Waals surface area contributed by atoms with Crippen LogP contribution in [0.3, 0.4) is 0 Å². The van der Waals surface area contributed by atoms with E-state index in [9.17, 15) is 8.42 Å². The summed E-state index contributed by atoms with van der Waals surface area (Å²) >= 11 is 5.79. The van der Waals surface area contributed by atoms with Crippen LogP contribution in [0.2, 0.25) is 5.02 Å². The highest BCUT2D eigenvalue weighted by molar-refractivity contribution is 7.92. The molecule has 0 amide bonds. The number of sulfonamides is 1. The van der Waals surface area contributed by atoms with Crippen LogP contribution >= 0.6 is 11.6 Å². The fourth-order valence-corrected chi connectivity index (χ4v) is 2.56. The van der Waals surface area contributed by atoms with Crippen molar-refractivity contribution in [3.05, 3.63) is 47.2 Å². The summed E-state index contributed by atoms with van der Waals surface area (Å²) in [5, 5.41) is 8.80. The Bertz CT molecular complexity index is 741. The second-order valence-corrected chi connectivity index (χ2v) is 5.52. The van der Waals surface area contributed by atoms with Gasteiger partial charge < -0.3 is 0 Å². The second-order valence-electron chi connectivity index (χ2n) is 3.43. The highest BCUT2D eigenvalue weighted by Gasteiger charge is 2.16. The Morgan fingerprint density at radius 3 is 2.53 bits per heavy atom. The minimum atomic E-state index is -3.83. The normalized spacial score (nSPS) is 10.7. The number of halogens is 1. The van der Waals surface area contributed by atoms with Crippen molar-refractivity contribution in [2.24, 2.45) is 0 Å². The lowest BCUT2D eigenvalue weighted by Gasteiger charge is -2.06. The molecule has 1 aromatic heterocycles. The predicted molar refractivity (Wildman–Crippen MR) is 69.0 cm³/mol. The first-order valence-electron chi connectivity index (χ1n) is 5.02. The van der Waals surface area contributed by atoms with Gasteiger partial charge in [0.2, 0.25) is 5.95 Å². The third-order valence-corrected chi connectivity index (χ3v) is 3.80. The summed E-state index contributed by atoms with van der Waals surface area (Å²) in [5.41, 5.74) is 0.205. The van der Waals surface area contributed by atoms with E-state index in [2.05, 4.69) is 14.7 Å². The molecule has 0 unspecified atom stereocenters. The van der Waals surface area contributed by atoms with Crippen molar-refractivity contribution in [2.45, 2.75) is 4.90 Å². The smallest absolute Gasteiger partial charge is 0.247 e. The Balaban J connectivity index is 2.36. The SMILES string of the molecule is N#Cc1ccc(S(=O)(=O)Nc2ncccn2)cc1Cl. The molecular formula is C11H7ClN4O2S. The summed E-state index contributed by atoms with van der Waals surface area (Å²) in [6.45, 7) is 0. The number of rotatable bonds is 3. The van der Waals surface area contributed by atoms with Crippen LogP contribution in [-0.2, 0) is 10.0 Å². The lowest BCUT2D eigenvalue weighted by molar-refractivity contribution is 0.601. The van der Waals surface area contributed by atoms with Gasteiger partial charge in [0.15, 0.2) is 0 Å². The van der Waals surface area contributed by atoms with Crippen LogP contribution in [0.4, 0.5) is 5.95 Å². The molecule has 96 valence electrons. The zero-order valence-electron chi connectivity index (χ0n) is 9.41. The van der Waals surface area contributed by atoms with E-state index >= 15 is 0 Å². The van der Waals surface area contributed by atoms with Gasteiger partial charge in [0, 0.05) is 12.4 Å². The number of benzene rings is 1. The fraction of sp³-hybridized carbons (Fsp3) is 0. The number of nitrogens with one attached hydrogen (secondary N) is 1. The van der Waals surface area contributed by atoms with Crippen LogP contribution in [0.1, 0.15) is 5.56 Å². The first-order valence-corrected chi connectivity index (χ1v) is 6.88. The molecule has 0 atom stereocenters. The van der Waals surface area contributed by atoms with Gasteiger partial charge in [0.25, 0.3) is 10.0 Å². The molecule has 0 radical (unpaired) electrons. The molecule has 0 aliphatic heterocycles. The Morgan fingerprint density at radius 1 is 1.26 bits per heavy atom. The van der Waals surface area contributed by atoms with Gasteiger partial charge in [0.1, 0.15) is 6.07 Å². The van der Waals surface area contributed by atoms with Crippen LogP contribution in [0.15, 0.2) is 41.6 Å². The Labute approximate surface area is 114 Å². The topological polar surface area (TPSA) is 95.7 Å². The molecule has 0 bridgehead atoms. The molecule has 1 heterocycles. The lowest BCUT2D eigenvalue weighted by Crippen LogP contribution is -2.14. The lowest BCUT2D eigenvalue weighted by atomic mass is 10.2. The van der Waals surface area contributed by atoms with Gasteiger partial charge in [-0.3, -0.25) is 0 Å². The van der Waals surface area contributed by atoms with Crippen LogP contribution < -0.4 is 4.72 Å². The fourth-order valence-electron chi connectivity index (χ4n) is 1.28. The van der Waals surface area contributed by atoms with Gasteiger partial charge in [-0.15, -0.1) is 0 Å². The molecule has 0 saturated carbocycles. The summed E-state index contributed by atoms with van der Waals surface area (Å²) in [6.07, 6.45) is 2.83. The number of nitrogens with zero attached hydrogens (tertiary/aromatic N) is 3. The van der Waals surface area contributed by atoms with E-state index < -0.39 is 10.0 Å². The molecule has 6 nitrogen and oxygen atoms in total. The molecule has 0 fully saturated rings. The number of hydrogen-bond donors (Lipinski definition) is 1. The summed E-state index contributed by atoms with van der Waals surface area (Å²) in [6, 6.07) is 7.24. The zero-order valence-corrected chi connectivity index (χ0v) is 11.0. The van der Waals surface area contributed by atoms with E-state index in [4.69, 9.17) is 16.9 Å². The van der Waals surface area contributed by atoms with Gasteiger partial charge in [0.05, 0.1) is 15.5 Å². The minimum Gasteiger partial charge on any atom is -0.247 e. The maximum absolute atomic E-state index is 12.0. The first-order chi connectivity index (χ1) is 9.03. The second kappa shape index (κ2) is 5.22. The Morgan fingerprint density at radius 2 is 1.95 bits per heavy atom.